The molecule has 4 amide bonds. The van der Waals surface area contributed by atoms with Gasteiger partial charge in [0.25, 0.3) is 5.91 Å². The van der Waals surface area contributed by atoms with Crippen molar-refractivity contribution < 1.29 is 32.3 Å². The lowest BCUT2D eigenvalue weighted by molar-refractivity contribution is -0.128. The van der Waals surface area contributed by atoms with E-state index in [1.54, 1.807) is 18.2 Å². The van der Waals surface area contributed by atoms with Gasteiger partial charge in [0.1, 0.15) is 6.04 Å². The zero-order chi connectivity index (χ0) is 20.6. The van der Waals surface area contributed by atoms with Gasteiger partial charge in [-0.3, -0.25) is 14.5 Å². The van der Waals surface area contributed by atoms with Crippen LogP contribution >= 0.6 is 0 Å². The van der Waals surface area contributed by atoms with Gasteiger partial charge >= 0.3 is 6.03 Å². The Morgan fingerprint density at radius 2 is 2.03 bits per heavy atom. The van der Waals surface area contributed by atoms with Crippen molar-refractivity contribution in [3.63, 3.8) is 0 Å². The summed E-state index contributed by atoms with van der Waals surface area (Å²) in [6.07, 6.45) is 1.53. The van der Waals surface area contributed by atoms with Crippen molar-refractivity contribution in [1.29, 1.82) is 0 Å². The number of carbonyl (C=O) groups is 3. The lowest BCUT2D eigenvalue weighted by atomic mass is 10.1. The third kappa shape index (κ3) is 4.19. The first-order chi connectivity index (χ1) is 13.8. The van der Waals surface area contributed by atoms with Crippen molar-refractivity contribution in [3.8, 4) is 11.5 Å². The molecular weight excluding hydrogens is 402 g/mol. The molecule has 1 fully saturated rings. The number of sulfone groups is 1. The van der Waals surface area contributed by atoms with Gasteiger partial charge in [-0.05, 0) is 30.2 Å². The molecule has 1 aromatic rings. The van der Waals surface area contributed by atoms with E-state index in [-0.39, 0.29) is 37.8 Å². The second kappa shape index (κ2) is 7.39. The third-order valence-electron chi connectivity index (χ3n) is 4.82. The highest BCUT2D eigenvalue weighted by atomic mass is 32.2. The molecule has 29 heavy (non-hydrogen) atoms. The Morgan fingerprint density at radius 3 is 2.79 bits per heavy atom. The van der Waals surface area contributed by atoms with Gasteiger partial charge in [0, 0.05) is 11.8 Å². The Bertz CT molecular complexity index is 1000. The van der Waals surface area contributed by atoms with Crippen LogP contribution in [0, 0.1) is 0 Å². The first kappa shape index (κ1) is 19.2. The number of amides is 4. The van der Waals surface area contributed by atoms with E-state index in [2.05, 4.69) is 10.6 Å². The van der Waals surface area contributed by atoms with E-state index in [1.165, 1.54) is 6.08 Å². The van der Waals surface area contributed by atoms with Gasteiger partial charge < -0.3 is 20.1 Å². The summed E-state index contributed by atoms with van der Waals surface area (Å²) in [5.41, 5.74) is 0.713. The predicted octanol–water partition coefficient (Wildman–Crippen LogP) is 0.0428. The molecule has 3 aliphatic heterocycles. The normalized spacial score (nSPS) is 24.1. The van der Waals surface area contributed by atoms with Gasteiger partial charge in [0.15, 0.2) is 21.3 Å². The maximum absolute atomic E-state index is 12.6. The number of nitrogens with zero attached hydrogens (tertiary/aromatic N) is 1. The first-order valence-electron chi connectivity index (χ1n) is 9.01. The number of hydrogen-bond donors (Lipinski definition) is 2. The minimum atomic E-state index is -3.26. The van der Waals surface area contributed by atoms with Gasteiger partial charge in [-0.15, -0.1) is 0 Å². The topological polar surface area (TPSA) is 131 Å². The van der Waals surface area contributed by atoms with E-state index in [0.29, 0.717) is 17.1 Å². The van der Waals surface area contributed by atoms with Crippen LogP contribution in [0.15, 0.2) is 29.7 Å². The summed E-state index contributed by atoms with van der Waals surface area (Å²) < 4.78 is 33.3. The average molecular weight is 421 g/mol. The summed E-state index contributed by atoms with van der Waals surface area (Å²) >= 11 is 0. The average Bonchev–Trinajstić information content (AvgIpc) is 3.33. The molecule has 4 rings (SSSR count). The first-order valence-corrected chi connectivity index (χ1v) is 10.7. The Balaban J connectivity index is 1.30. The van der Waals surface area contributed by atoms with Crippen LogP contribution in [0.5, 0.6) is 11.5 Å². The maximum atomic E-state index is 12.6. The SMILES string of the molecule is O=C(CC[C@@H]1NC(=O)N(Cc2ccc3c(c2)OCO3)C1=O)N[C@@H]1C=CS(=O)(=O)C1. The van der Waals surface area contributed by atoms with Crippen molar-refractivity contribution >= 4 is 27.7 Å². The molecule has 11 heteroatoms. The van der Waals surface area contributed by atoms with Gasteiger partial charge in [-0.1, -0.05) is 6.07 Å². The van der Waals surface area contributed by atoms with E-state index < -0.39 is 33.9 Å². The maximum Gasteiger partial charge on any atom is 0.325 e. The van der Waals surface area contributed by atoms with E-state index in [1.807, 2.05) is 0 Å². The smallest absolute Gasteiger partial charge is 0.325 e. The van der Waals surface area contributed by atoms with Crippen LogP contribution in [-0.4, -0.2) is 55.8 Å². The number of benzene rings is 1. The molecule has 10 nitrogen and oxygen atoms in total. The highest BCUT2D eigenvalue weighted by molar-refractivity contribution is 7.94. The van der Waals surface area contributed by atoms with E-state index in [9.17, 15) is 22.8 Å². The Hall–Kier alpha value is -3.08. The summed E-state index contributed by atoms with van der Waals surface area (Å²) in [7, 11) is -3.26. The molecule has 0 bridgehead atoms. The summed E-state index contributed by atoms with van der Waals surface area (Å²) in [4.78, 5) is 37.9. The third-order valence-corrected chi connectivity index (χ3v) is 6.22. The molecular formula is C18H19N3O7S. The molecule has 3 aliphatic rings. The molecule has 154 valence electrons. The van der Waals surface area contributed by atoms with Crippen LogP contribution in [0.2, 0.25) is 0 Å². The quantitative estimate of drug-likeness (QED) is 0.620. The molecule has 2 atom stereocenters. The molecule has 0 aliphatic carbocycles. The van der Waals surface area contributed by atoms with Crippen LogP contribution in [0.3, 0.4) is 0 Å². The lowest BCUT2D eigenvalue weighted by Crippen LogP contribution is -2.37. The van der Waals surface area contributed by atoms with Crippen LogP contribution in [0.25, 0.3) is 0 Å². The van der Waals surface area contributed by atoms with Crippen LogP contribution < -0.4 is 20.1 Å². The van der Waals surface area contributed by atoms with E-state index >= 15 is 0 Å². The zero-order valence-corrected chi connectivity index (χ0v) is 16.1. The molecule has 1 aromatic carbocycles. The molecule has 0 radical (unpaired) electrons. The number of ether oxygens (including phenoxy) is 2. The summed E-state index contributed by atoms with van der Waals surface area (Å²) in [5, 5.41) is 6.25. The summed E-state index contributed by atoms with van der Waals surface area (Å²) in [6, 6.07) is 3.29. The van der Waals surface area contributed by atoms with E-state index in [4.69, 9.17) is 9.47 Å². The van der Waals surface area contributed by atoms with Crippen molar-refractivity contribution in [2.75, 3.05) is 12.5 Å². The van der Waals surface area contributed by atoms with Crippen molar-refractivity contribution in [3.05, 3.63) is 35.2 Å². The van der Waals surface area contributed by atoms with Crippen LogP contribution in [0.4, 0.5) is 4.79 Å². The van der Waals surface area contributed by atoms with Gasteiger partial charge in [0.2, 0.25) is 12.7 Å². The largest absolute Gasteiger partial charge is 0.454 e. The Labute approximate surface area is 166 Å². The number of fused-ring (bicyclic) bond motifs is 1. The fourth-order valence-corrected chi connectivity index (χ4v) is 4.60. The molecule has 0 unspecified atom stereocenters. The number of carbonyl (C=O) groups excluding carboxylic acids is 3. The summed E-state index contributed by atoms with van der Waals surface area (Å²) in [5.74, 6) is 0.212. The highest BCUT2D eigenvalue weighted by Crippen LogP contribution is 2.33. The number of hydrogen-bond acceptors (Lipinski definition) is 7. The fourth-order valence-electron chi connectivity index (χ4n) is 3.36. The fraction of sp³-hybridized carbons (Fsp3) is 0.389. The monoisotopic (exact) mass is 421 g/mol. The van der Waals surface area contributed by atoms with Crippen LogP contribution in [-0.2, 0) is 26.0 Å². The number of imide groups is 1. The Morgan fingerprint density at radius 1 is 1.24 bits per heavy atom. The standard InChI is InChI=1S/C18H19N3O7S/c22-16(19-12-5-6-29(25,26)9-12)4-2-13-17(23)21(18(24)20-13)8-11-1-3-14-15(7-11)28-10-27-14/h1,3,5-7,12-13H,2,4,8-10H2,(H,19,22)(H,20,24)/t12-,13+/m1/s1. The van der Waals surface area contributed by atoms with E-state index in [0.717, 1.165) is 10.3 Å². The van der Waals surface area contributed by atoms with Crippen molar-refractivity contribution in [2.24, 2.45) is 0 Å². The molecule has 0 saturated carbocycles. The van der Waals surface area contributed by atoms with Crippen molar-refractivity contribution in [1.82, 2.24) is 15.5 Å². The van der Waals surface area contributed by atoms with Crippen LogP contribution in [0.1, 0.15) is 18.4 Å². The molecule has 3 heterocycles. The number of nitrogens with one attached hydrogen (secondary N) is 2. The lowest BCUT2D eigenvalue weighted by Gasteiger charge is -2.14. The molecule has 2 N–H and O–H groups in total. The van der Waals surface area contributed by atoms with Crippen molar-refractivity contribution in [2.45, 2.75) is 31.5 Å². The van der Waals surface area contributed by atoms with Gasteiger partial charge in [0.05, 0.1) is 18.3 Å². The highest BCUT2D eigenvalue weighted by Gasteiger charge is 2.38. The molecule has 0 aromatic heterocycles. The molecule has 0 spiro atoms. The second-order valence-corrected chi connectivity index (χ2v) is 8.92. The Kier molecular flexibility index (Phi) is 4.91. The summed E-state index contributed by atoms with van der Waals surface area (Å²) in [6.45, 7) is 0.212. The number of urea groups is 1. The number of rotatable bonds is 6. The minimum Gasteiger partial charge on any atom is -0.454 e. The minimum absolute atomic E-state index is 0.0149. The van der Waals surface area contributed by atoms with Gasteiger partial charge in [-0.2, -0.15) is 0 Å². The zero-order valence-electron chi connectivity index (χ0n) is 15.3. The molecule has 1 saturated heterocycles. The second-order valence-electron chi connectivity index (χ2n) is 6.98. The predicted molar refractivity (Wildman–Crippen MR) is 99.5 cm³/mol. The van der Waals surface area contributed by atoms with Gasteiger partial charge in [-0.25, -0.2) is 13.2 Å².